The molecule has 6 nitrogen and oxygen atoms in total. The molecule has 19 heavy (non-hydrogen) atoms. The zero-order chi connectivity index (χ0) is 14.2. The van der Waals surface area contributed by atoms with E-state index in [1.165, 1.54) is 6.92 Å². The summed E-state index contributed by atoms with van der Waals surface area (Å²) < 4.78 is 2.61. The zero-order valence-electron chi connectivity index (χ0n) is 10.3. The molecule has 0 aromatic carbocycles. The van der Waals surface area contributed by atoms with Gasteiger partial charge in [-0.25, -0.2) is 4.79 Å². The molecule has 0 saturated heterocycles. The monoisotopic (exact) mass is 330 g/mol. The third kappa shape index (κ3) is 3.16. The Morgan fingerprint density at radius 3 is 2.63 bits per heavy atom. The van der Waals surface area contributed by atoms with Gasteiger partial charge in [0, 0.05) is 16.7 Å². The number of rotatable bonds is 5. The number of carboxylic acid groups (broad SMARTS) is 1. The molecule has 0 aliphatic heterocycles. The Bertz CT molecular complexity index is 508. The van der Waals surface area contributed by atoms with Gasteiger partial charge in [0.1, 0.15) is 5.69 Å². The maximum atomic E-state index is 12.1. The summed E-state index contributed by atoms with van der Waals surface area (Å²) in [5, 5.41) is 20.6. The number of hydrogen-bond acceptors (Lipinski definition) is 3. The average molecular weight is 331 g/mol. The highest BCUT2D eigenvalue weighted by molar-refractivity contribution is 9.10. The van der Waals surface area contributed by atoms with Gasteiger partial charge in [-0.1, -0.05) is 0 Å². The normalized spacial score (nSPS) is 17.8. The highest BCUT2D eigenvalue weighted by Gasteiger charge is 2.30. The van der Waals surface area contributed by atoms with Crippen LogP contribution in [0.5, 0.6) is 0 Å². The van der Waals surface area contributed by atoms with Crippen LogP contribution in [0, 0.1) is 0 Å². The summed E-state index contributed by atoms with van der Waals surface area (Å²) in [6.45, 7) is 1.33. The van der Waals surface area contributed by atoms with Crippen molar-refractivity contribution >= 4 is 27.8 Å². The highest BCUT2D eigenvalue weighted by atomic mass is 79.9. The minimum Gasteiger partial charge on any atom is -0.480 e. The lowest BCUT2D eigenvalue weighted by atomic mass is 10.2. The van der Waals surface area contributed by atoms with Crippen LogP contribution in [0.15, 0.2) is 16.7 Å². The van der Waals surface area contributed by atoms with E-state index in [1.54, 1.807) is 6.07 Å². The van der Waals surface area contributed by atoms with Gasteiger partial charge in [0.15, 0.2) is 6.04 Å². The fraction of sp³-hybridized carbons (Fsp3) is 0.500. The number of nitrogens with zero attached hydrogens (tertiary/aromatic N) is 1. The molecule has 1 amide bonds. The molecule has 3 N–H and O–H groups in total. The Hall–Kier alpha value is -1.34. The molecule has 0 bridgehead atoms. The molecule has 0 unspecified atom stereocenters. The number of aliphatic hydroxyl groups excluding tert-OH is 1. The summed E-state index contributed by atoms with van der Waals surface area (Å²) in [7, 11) is 0. The third-order valence-corrected chi connectivity index (χ3v) is 3.46. The van der Waals surface area contributed by atoms with Crippen molar-refractivity contribution in [2.45, 2.75) is 38.0 Å². The van der Waals surface area contributed by atoms with Gasteiger partial charge in [-0.15, -0.1) is 0 Å². The van der Waals surface area contributed by atoms with Gasteiger partial charge < -0.3 is 20.1 Å². The number of carboxylic acids is 1. The summed E-state index contributed by atoms with van der Waals surface area (Å²) in [5.41, 5.74) is 0.404. The predicted molar refractivity (Wildman–Crippen MR) is 71.0 cm³/mol. The van der Waals surface area contributed by atoms with Crippen LogP contribution in [0.3, 0.4) is 0 Å². The second kappa shape index (κ2) is 5.34. The molecular weight excluding hydrogens is 316 g/mol. The fourth-order valence-electron chi connectivity index (χ4n) is 1.89. The lowest BCUT2D eigenvalue weighted by Gasteiger charge is -2.17. The van der Waals surface area contributed by atoms with Crippen LogP contribution >= 0.6 is 15.9 Å². The summed E-state index contributed by atoms with van der Waals surface area (Å²) >= 11 is 3.30. The van der Waals surface area contributed by atoms with Gasteiger partial charge in [0.25, 0.3) is 5.91 Å². The minimum atomic E-state index is -1.31. The Balaban J connectivity index is 2.17. The van der Waals surface area contributed by atoms with Crippen molar-refractivity contribution < 1.29 is 19.8 Å². The lowest BCUT2D eigenvalue weighted by molar-refractivity contribution is -0.141. The Morgan fingerprint density at radius 2 is 2.16 bits per heavy atom. The van der Waals surface area contributed by atoms with E-state index >= 15 is 0 Å². The van der Waals surface area contributed by atoms with Gasteiger partial charge in [0.05, 0.1) is 6.10 Å². The van der Waals surface area contributed by atoms with Crippen LogP contribution in [0.25, 0.3) is 0 Å². The number of carbonyl (C=O) groups is 2. The number of hydrogen-bond donors (Lipinski definition) is 3. The van der Waals surface area contributed by atoms with Crippen LogP contribution in [0.1, 0.15) is 36.3 Å². The van der Waals surface area contributed by atoms with E-state index in [2.05, 4.69) is 21.2 Å². The second-order valence-corrected chi connectivity index (χ2v) is 5.63. The first-order chi connectivity index (χ1) is 8.90. The number of carbonyl (C=O) groups excluding carboxylic acids is 1. The first-order valence-electron chi connectivity index (χ1n) is 5.99. The van der Waals surface area contributed by atoms with E-state index in [0.717, 1.165) is 17.3 Å². The molecule has 1 aliphatic rings. The molecule has 1 aliphatic carbocycles. The minimum absolute atomic E-state index is 0.307. The van der Waals surface area contributed by atoms with Crippen LogP contribution < -0.4 is 5.32 Å². The maximum Gasteiger partial charge on any atom is 0.328 e. The van der Waals surface area contributed by atoms with Crippen molar-refractivity contribution in [3.05, 3.63) is 22.4 Å². The molecule has 1 saturated carbocycles. The molecule has 2 rings (SSSR count). The number of aliphatic hydroxyl groups is 1. The molecule has 0 radical (unpaired) electrons. The summed E-state index contributed by atoms with van der Waals surface area (Å²) in [6, 6.07) is 0.643. The topological polar surface area (TPSA) is 91.6 Å². The first kappa shape index (κ1) is 14.1. The Labute approximate surface area is 118 Å². The van der Waals surface area contributed by atoms with Crippen LogP contribution in [0.2, 0.25) is 0 Å². The van der Waals surface area contributed by atoms with E-state index in [0.29, 0.717) is 11.7 Å². The smallest absolute Gasteiger partial charge is 0.328 e. The summed E-state index contributed by atoms with van der Waals surface area (Å²) in [4.78, 5) is 23.1. The first-order valence-corrected chi connectivity index (χ1v) is 6.78. The average Bonchev–Trinajstić information content (AvgIpc) is 3.08. The van der Waals surface area contributed by atoms with Crippen molar-refractivity contribution in [1.29, 1.82) is 0 Å². The Kier molecular flexibility index (Phi) is 3.96. The van der Waals surface area contributed by atoms with Crippen molar-refractivity contribution in [2.24, 2.45) is 0 Å². The standard InChI is InChI=1S/C12H15BrN2O4/c1-6(16)10(12(18)19)14-11(17)9-4-7(13)5-15(9)8-2-3-8/h4-6,8,10,16H,2-3H2,1H3,(H,14,17)(H,18,19)/t6-,10+/m1/s1. The van der Waals surface area contributed by atoms with E-state index in [-0.39, 0.29) is 0 Å². The largest absolute Gasteiger partial charge is 0.480 e. The van der Waals surface area contributed by atoms with Gasteiger partial charge >= 0.3 is 5.97 Å². The maximum absolute atomic E-state index is 12.1. The molecular formula is C12H15BrN2O4. The highest BCUT2D eigenvalue weighted by Crippen LogP contribution is 2.37. The van der Waals surface area contributed by atoms with Crippen molar-refractivity contribution in [2.75, 3.05) is 0 Å². The van der Waals surface area contributed by atoms with E-state index in [4.69, 9.17) is 5.11 Å². The second-order valence-electron chi connectivity index (χ2n) is 4.71. The molecule has 0 spiro atoms. The van der Waals surface area contributed by atoms with Gasteiger partial charge in [0.2, 0.25) is 0 Å². The van der Waals surface area contributed by atoms with E-state index in [1.807, 2.05) is 10.8 Å². The third-order valence-electron chi connectivity index (χ3n) is 3.02. The zero-order valence-corrected chi connectivity index (χ0v) is 11.9. The van der Waals surface area contributed by atoms with Crippen molar-refractivity contribution in [1.82, 2.24) is 9.88 Å². The van der Waals surface area contributed by atoms with Crippen LogP contribution in [-0.2, 0) is 4.79 Å². The molecule has 1 aromatic heterocycles. The van der Waals surface area contributed by atoms with E-state index < -0.39 is 24.0 Å². The molecule has 1 aromatic rings. The number of halogens is 1. The fourth-order valence-corrected chi connectivity index (χ4v) is 2.32. The van der Waals surface area contributed by atoms with Crippen LogP contribution in [0.4, 0.5) is 0 Å². The molecule has 1 fully saturated rings. The number of nitrogens with one attached hydrogen (secondary N) is 1. The lowest BCUT2D eigenvalue weighted by Crippen LogP contribution is -2.48. The van der Waals surface area contributed by atoms with Crippen molar-refractivity contribution in [3.8, 4) is 0 Å². The molecule has 104 valence electrons. The quantitative estimate of drug-likeness (QED) is 0.755. The SMILES string of the molecule is C[C@@H](O)[C@H](NC(=O)c1cc(Br)cn1C1CC1)C(=O)O. The molecule has 2 atom stereocenters. The van der Waals surface area contributed by atoms with E-state index in [9.17, 15) is 14.7 Å². The molecule has 1 heterocycles. The summed E-state index contributed by atoms with van der Waals surface area (Å²) in [6.07, 6.45) is 2.68. The van der Waals surface area contributed by atoms with Gasteiger partial charge in [-0.2, -0.15) is 0 Å². The number of aromatic nitrogens is 1. The number of amides is 1. The van der Waals surface area contributed by atoms with Gasteiger partial charge in [-0.05, 0) is 41.8 Å². The number of aliphatic carboxylic acids is 1. The predicted octanol–water partition coefficient (Wildman–Crippen LogP) is 1.15. The van der Waals surface area contributed by atoms with Gasteiger partial charge in [-0.3, -0.25) is 4.79 Å². The Morgan fingerprint density at radius 1 is 1.53 bits per heavy atom. The molecule has 7 heteroatoms. The summed E-state index contributed by atoms with van der Waals surface area (Å²) in [5.74, 6) is -1.75. The van der Waals surface area contributed by atoms with Crippen LogP contribution in [-0.4, -0.2) is 38.8 Å². The van der Waals surface area contributed by atoms with Crippen molar-refractivity contribution in [3.63, 3.8) is 0 Å².